The highest BCUT2D eigenvalue weighted by Gasteiger charge is 2.17. The highest BCUT2D eigenvalue weighted by molar-refractivity contribution is 7.99. The molecule has 0 radical (unpaired) electrons. The first kappa shape index (κ1) is 27.8. The Labute approximate surface area is 232 Å². The van der Waals surface area contributed by atoms with Gasteiger partial charge in [0.25, 0.3) is 0 Å². The third kappa shape index (κ3) is 7.42. The minimum atomic E-state index is 1.04. The number of benzene rings is 2. The summed E-state index contributed by atoms with van der Waals surface area (Å²) >= 11 is 1.85. The van der Waals surface area contributed by atoms with Crippen molar-refractivity contribution in [3.63, 3.8) is 0 Å². The Balaban J connectivity index is 1.33. The van der Waals surface area contributed by atoms with Crippen molar-refractivity contribution in [2.75, 3.05) is 51.4 Å². The Kier molecular flexibility index (Phi) is 9.53. The fourth-order valence-corrected chi connectivity index (χ4v) is 5.72. The molecule has 0 amide bonds. The van der Waals surface area contributed by atoms with E-state index in [4.69, 9.17) is 0 Å². The maximum atomic E-state index is 4.48. The second kappa shape index (κ2) is 13.0. The number of quaternary nitrogens is 1. The third-order valence-electron chi connectivity index (χ3n) is 7.15. The number of hydrogen-bond acceptors (Lipinski definition) is 3. The van der Waals surface area contributed by atoms with Crippen LogP contribution in [0.15, 0.2) is 84.4 Å². The minimum absolute atomic E-state index is 1.04. The van der Waals surface area contributed by atoms with Crippen molar-refractivity contribution < 1.29 is 13.6 Å². The molecule has 4 aromatic rings. The largest absolute Gasteiger partial charge is 0.374 e. The molecule has 198 valence electrons. The van der Waals surface area contributed by atoms with Crippen LogP contribution >= 0.6 is 11.8 Å². The zero-order valence-electron chi connectivity index (χ0n) is 23.5. The Hall–Kier alpha value is -3.22. The number of aromatic nitrogens is 3. The summed E-state index contributed by atoms with van der Waals surface area (Å²) in [5.74, 6) is 1.10. The van der Waals surface area contributed by atoms with Crippen molar-refractivity contribution >= 4 is 40.4 Å². The number of fused-ring (bicyclic) bond motifs is 1. The molecule has 0 unspecified atom stereocenters. The van der Waals surface area contributed by atoms with Gasteiger partial charge in [-0.15, -0.1) is 0 Å². The van der Waals surface area contributed by atoms with Crippen LogP contribution in [0.5, 0.6) is 0 Å². The first-order chi connectivity index (χ1) is 18.3. The second-order valence-electron chi connectivity index (χ2n) is 10.7. The van der Waals surface area contributed by atoms with E-state index in [1.165, 1.54) is 47.2 Å². The molecule has 0 N–H and O–H groups in total. The summed E-state index contributed by atoms with van der Waals surface area (Å²) in [5, 5.41) is 3.69. The zero-order chi connectivity index (χ0) is 27.0. The molecule has 0 spiro atoms. The summed E-state index contributed by atoms with van der Waals surface area (Å²) in [6.07, 6.45) is 12.8. The molecule has 2 heterocycles. The van der Waals surface area contributed by atoms with Gasteiger partial charge in [0, 0.05) is 67.5 Å². The van der Waals surface area contributed by atoms with E-state index >= 15 is 0 Å². The lowest BCUT2D eigenvalue weighted by molar-refractivity contribution is -0.890. The number of nitrogens with zero attached hydrogens (tertiary/aromatic N) is 5. The number of pyridine rings is 1. The van der Waals surface area contributed by atoms with Crippen LogP contribution in [-0.4, -0.2) is 56.0 Å². The number of thioether (sulfide) groups is 1. The van der Waals surface area contributed by atoms with E-state index in [9.17, 15) is 0 Å². The van der Waals surface area contributed by atoms with Gasteiger partial charge < -0.3 is 9.38 Å². The molecular formula is C32H42N5S+3. The monoisotopic (exact) mass is 528 g/mol. The Morgan fingerprint density at radius 2 is 1.58 bits per heavy atom. The topological polar surface area (TPSA) is 23.9 Å². The summed E-state index contributed by atoms with van der Waals surface area (Å²) in [6.45, 7) is 3.38. The van der Waals surface area contributed by atoms with Gasteiger partial charge >= 0.3 is 5.16 Å². The summed E-state index contributed by atoms with van der Waals surface area (Å²) in [4.78, 5) is 6.90. The fraction of sp³-hybridized carbons (Fsp3) is 0.344. The second-order valence-corrected chi connectivity index (χ2v) is 11.7. The lowest BCUT2D eigenvalue weighted by Crippen LogP contribution is -2.42. The van der Waals surface area contributed by atoms with Crippen molar-refractivity contribution in [1.29, 1.82) is 0 Å². The Morgan fingerprint density at radius 1 is 0.842 bits per heavy atom. The van der Waals surface area contributed by atoms with Gasteiger partial charge in [-0.3, -0.25) is 0 Å². The van der Waals surface area contributed by atoms with Crippen LogP contribution in [0.1, 0.15) is 24.1 Å². The van der Waals surface area contributed by atoms with Gasteiger partial charge in [-0.1, -0.05) is 30.3 Å². The van der Waals surface area contributed by atoms with Crippen molar-refractivity contribution in [3.8, 4) is 0 Å². The molecule has 0 aliphatic heterocycles. The molecule has 2 aromatic carbocycles. The molecular weight excluding hydrogens is 486 g/mol. The van der Waals surface area contributed by atoms with Crippen molar-refractivity contribution in [3.05, 3.63) is 90.5 Å². The zero-order valence-corrected chi connectivity index (χ0v) is 24.4. The van der Waals surface area contributed by atoms with Gasteiger partial charge in [-0.05, 0) is 45.9 Å². The molecule has 38 heavy (non-hydrogen) atoms. The van der Waals surface area contributed by atoms with Crippen molar-refractivity contribution in [1.82, 2.24) is 4.98 Å². The average Bonchev–Trinajstić information content (AvgIpc) is 2.91. The van der Waals surface area contributed by atoms with Crippen LogP contribution in [0, 0.1) is 0 Å². The summed E-state index contributed by atoms with van der Waals surface area (Å²) in [6, 6.07) is 21.6. The van der Waals surface area contributed by atoms with E-state index in [0.29, 0.717) is 0 Å². The van der Waals surface area contributed by atoms with Crippen molar-refractivity contribution in [2.24, 2.45) is 14.1 Å². The molecule has 0 bridgehead atoms. The van der Waals surface area contributed by atoms with Crippen molar-refractivity contribution in [2.45, 2.75) is 18.0 Å². The third-order valence-corrected chi connectivity index (χ3v) is 8.30. The predicted molar refractivity (Wildman–Crippen MR) is 161 cm³/mol. The predicted octanol–water partition coefficient (Wildman–Crippen LogP) is 5.14. The molecule has 0 aliphatic rings. The molecule has 4 rings (SSSR count). The van der Waals surface area contributed by atoms with Gasteiger partial charge in [-0.25, -0.2) is 9.13 Å². The molecule has 5 nitrogen and oxygen atoms in total. The van der Waals surface area contributed by atoms with E-state index < -0.39 is 0 Å². The van der Waals surface area contributed by atoms with Crippen LogP contribution in [0.3, 0.4) is 0 Å². The molecule has 0 saturated heterocycles. The molecule has 0 aliphatic carbocycles. The van der Waals surface area contributed by atoms with E-state index in [1.807, 2.05) is 24.0 Å². The lowest BCUT2D eigenvalue weighted by Gasteiger charge is -2.31. The number of aryl methyl sites for hydroxylation is 2. The van der Waals surface area contributed by atoms with Gasteiger partial charge in [-0.2, -0.15) is 0 Å². The first-order valence-corrected chi connectivity index (χ1v) is 14.4. The van der Waals surface area contributed by atoms with Crippen LogP contribution in [0.2, 0.25) is 0 Å². The van der Waals surface area contributed by atoms with E-state index in [0.717, 1.165) is 28.4 Å². The Morgan fingerprint density at radius 3 is 2.37 bits per heavy atom. The highest BCUT2D eigenvalue weighted by Crippen LogP contribution is 2.30. The minimum Gasteiger partial charge on any atom is -0.374 e. The van der Waals surface area contributed by atoms with E-state index in [1.54, 1.807) is 0 Å². The Bertz CT molecular complexity index is 1380. The SMILES string of the molecule is CN(CCC[N+](C)(C)CCCSc1nccc[n+]1C)c1ccc(/C=C/c2cccc[n+]2C)c2ccccc12. The molecule has 2 aromatic heterocycles. The van der Waals surface area contributed by atoms with Crippen LogP contribution < -0.4 is 14.0 Å². The van der Waals surface area contributed by atoms with E-state index in [-0.39, 0.29) is 0 Å². The highest BCUT2D eigenvalue weighted by atomic mass is 32.2. The first-order valence-electron chi connectivity index (χ1n) is 13.5. The quantitative estimate of drug-likeness (QED) is 0.0837. The summed E-state index contributed by atoms with van der Waals surface area (Å²) < 4.78 is 5.28. The fourth-order valence-electron chi connectivity index (χ4n) is 4.86. The lowest BCUT2D eigenvalue weighted by atomic mass is 10.0. The number of rotatable bonds is 12. The van der Waals surface area contributed by atoms with Crippen LogP contribution in [0.4, 0.5) is 5.69 Å². The summed E-state index contributed by atoms with van der Waals surface area (Å²) in [5.41, 5.74) is 3.73. The number of anilines is 1. The van der Waals surface area contributed by atoms with Gasteiger partial charge in [0.05, 0.1) is 40.4 Å². The summed E-state index contributed by atoms with van der Waals surface area (Å²) in [7, 11) is 11.1. The number of hydrogen-bond donors (Lipinski definition) is 0. The molecule has 0 saturated carbocycles. The van der Waals surface area contributed by atoms with Crippen LogP contribution in [0.25, 0.3) is 22.9 Å². The van der Waals surface area contributed by atoms with Gasteiger partial charge in [0.1, 0.15) is 13.2 Å². The normalized spacial score (nSPS) is 11.9. The smallest absolute Gasteiger partial charge is 0.358 e. The maximum Gasteiger partial charge on any atom is 0.358 e. The molecule has 0 fully saturated rings. The molecule has 6 heteroatoms. The van der Waals surface area contributed by atoms with Gasteiger partial charge in [0.2, 0.25) is 5.69 Å². The maximum absolute atomic E-state index is 4.48. The van der Waals surface area contributed by atoms with E-state index in [2.05, 4.69) is 133 Å². The van der Waals surface area contributed by atoms with Crippen LogP contribution in [-0.2, 0) is 14.1 Å². The molecule has 0 atom stereocenters. The average molecular weight is 529 g/mol. The standard InChI is InChI=1S/C32H42N5S/c1-34-21-9-8-13-28(34)18-16-27-17-19-31(30-15-7-6-14-29(27)30)35(2)23-11-24-37(4,5)25-12-26-38-32-33-20-10-22-36(32)3/h6-10,13-22H,11-12,23-26H2,1-5H3/q+3. The van der Waals surface area contributed by atoms with Gasteiger partial charge in [0.15, 0.2) is 6.20 Å².